The van der Waals surface area contributed by atoms with E-state index in [4.69, 9.17) is 0 Å². The lowest BCUT2D eigenvalue weighted by Crippen LogP contribution is -2.26. The van der Waals surface area contributed by atoms with Crippen LogP contribution in [0.15, 0.2) is 65.6 Å². The zero-order chi connectivity index (χ0) is 18.7. The van der Waals surface area contributed by atoms with E-state index < -0.39 is 16.1 Å². The summed E-state index contributed by atoms with van der Waals surface area (Å²) < 4.78 is 27.7. The van der Waals surface area contributed by atoms with E-state index in [1.165, 1.54) is 0 Å². The molecule has 0 aliphatic rings. The first-order valence-electron chi connectivity index (χ1n) is 8.61. The van der Waals surface area contributed by atoms with Crippen LogP contribution in [0, 0.1) is 13.8 Å². The summed E-state index contributed by atoms with van der Waals surface area (Å²) in [5.74, 6) is 0. The molecule has 3 rings (SSSR count). The maximum absolute atomic E-state index is 12.5. The van der Waals surface area contributed by atoms with Crippen molar-refractivity contribution >= 4 is 20.8 Å². The van der Waals surface area contributed by atoms with Crippen LogP contribution in [0.3, 0.4) is 0 Å². The first-order chi connectivity index (χ1) is 12.4. The highest BCUT2D eigenvalue weighted by Crippen LogP contribution is 2.26. The number of aliphatic hydroxyl groups excluding tert-OH is 1. The first-order valence-corrected chi connectivity index (χ1v) is 10.1. The van der Waals surface area contributed by atoms with Crippen LogP contribution in [-0.2, 0) is 10.0 Å². The van der Waals surface area contributed by atoms with Gasteiger partial charge in [-0.3, -0.25) is 0 Å². The van der Waals surface area contributed by atoms with Crippen LogP contribution in [0.1, 0.15) is 29.2 Å². The molecule has 0 saturated heterocycles. The minimum Gasteiger partial charge on any atom is -0.388 e. The Balaban J connectivity index is 1.72. The quantitative estimate of drug-likeness (QED) is 0.693. The van der Waals surface area contributed by atoms with E-state index in [1.807, 2.05) is 55.5 Å². The van der Waals surface area contributed by atoms with Gasteiger partial charge in [0.2, 0.25) is 10.0 Å². The third kappa shape index (κ3) is 3.96. The van der Waals surface area contributed by atoms with Crippen LogP contribution in [0.4, 0.5) is 0 Å². The van der Waals surface area contributed by atoms with Crippen molar-refractivity contribution in [3.8, 4) is 0 Å². The molecule has 0 heterocycles. The molecule has 5 heteroatoms. The first kappa shape index (κ1) is 18.6. The number of hydrogen-bond acceptors (Lipinski definition) is 3. The third-order valence-electron chi connectivity index (χ3n) is 4.53. The van der Waals surface area contributed by atoms with E-state index in [1.54, 1.807) is 19.1 Å². The SMILES string of the molecule is Cc1ccc(C)c(S(=O)(=O)NCCC(O)c2cccc3ccccc23)c1. The molecule has 3 aromatic rings. The van der Waals surface area contributed by atoms with Gasteiger partial charge in [0.15, 0.2) is 0 Å². The molecule has 0 spiro atoms. The van der Waals surface area contributed by atoms with E-state index in [9.17, 15) is 13.5 Å². The van der Waals surface area contributed by atoms with Crippen molar-refractivity contribution in [3.05, 3.63) is 77.4 Å². The van der Waals surface area contributed by atoms with Crippen molar-refractivity contribution in [2.45, 2.75) is 31.3 Å². The Hall–Kier alpha value is -2.21. The molecule has 3 aromatic carbocycles. The van der Waals surface area contributed by atoms with Gasteiger partial charge >= 0.3 is 0 Å². The Morgan fingerprint density at radius 1 is 1.00 bits per heavy atom. The van der Waals surface area contributed by atoms with Gasteiger partial charge in [0.05, 0.1) is 11.0 Å². The monoisotopic (exact) mass is 369 g/mol. The molecule has 0 saturated carbocycles. The molecule has 0 bridgehead atoms. The number of sulfonamides is 1. The van der Waals surface area contributed by atoms with Crippen molar-refractivity contribution in [2.24, 2.45) is 0 Å². The van der Waals surface area contributed by atoms with Crippen LogP contribution in [0.5, 0.6) is 0 Å². The topological polar surface area (TPSA) is 66.4 Å². The summed E-state index contributed by atoms with van der Waals surface area (Å²) in [4.78, 5) is 0.289. The second-order valence-electron chi connectivity index (χ2n) is 6.54. The predicted octanol–water partition coefficient (Wildman–Crippen LogP) is 3.86. The lowest BCUT2D eigenvalue weighted by Gasteiger charge is -2.15. The fourth-order valence-electron chi connectivity index (χ4n) is 3.10. The molecule has 0 aromatic heterocycles. The van der Waals surface area contributed by atoms with Crippen LogP contribution in [-0.4, -0.2) is 20.1 Å². The van der Waals surface area contributed by atoms with Crippen molar-refractivity contribution < 1.29 is 13.5 Å². The van der Waals surface area contributed by atoms with E-state index >= 15 is 0 Å². The van der Waals surface area contributed by atoms with Gasteiger partial charge in [0.1, 0.15) is 0 Å². The molecule has 0 radical (unpaired) electrons. The molecule has 1 unspecified atom stereocenters. The molecule has 2 N–H and O–H groups in total. The molecule has 0 aliphatic heterocycles. The molecule has 0 amide bonds. The van der Waals surface area contributed by atoms with Gasteiger partial charge in [-0.2, -0.15) is 0 Å². The Kier molecular flexibility index (Phi) is 5.41. The molecule has 1 atom stereocenters. The van der Waals surface area contributed by atoms with E-state index in [0.29, 0.717) is 12.0 Å². The molecule has 136 valence electrons. The average molecular weight is 369 g/mol. The Morgan fingerprint density at radius 3 is 2.54 bits per heavy atom. The standard InChI is InChI=1S/C21H23NO3S/c1-15-10-11-16(2)21(14-15)26(24,25)22-13-12-20(23)19-9-5-7-17-6-3-4-8-18(17)19/h3-11,14,20,22-23H,12-13H2,1-2H3. The lowest BCUT2D eigenvalue weighted by atomic mass is 9.99. The summed E-state index contributed by atoms with van der Waals surface area (Å²) in [5, 5.41) is 12.6. The Bertz CT molecular complexity index is 1020. The van der Waals surface area contributed by atoms with Crippen LogP contribution >= 0.6 is 0 Å². The summed E-state index contributed by atoms with van der Waals surface area (Å²) in [6.07, 6.45) is -0.430. The Labute approximate surface area is 154 Å². The molecule has 0 fully saturated rings. The molecular formula is C21H23NO3S. The van der Waals surface area contributed by atoms with Crippen LogP contribution in [0.2, 0.25) is 0 Å². The number of aliphatic hydroxyl groups is 1. The van der Waals surface area contributed by atoms with Gasteiger partial charge in [-0.05, 0) is 53.8 Å². The summed E-state index contributed by atoms with van der Waals surface area (Å²) in [6, 6.07) is 19.0. The summed E-state index contributed by atoms with van der Waals surface area (Å²) in [5.41, 5.74) is 2.42. The molecule has 26 heavy (non-hydrogen) atoms. The van der Waals surface area contributed by atoms with Crippen molar-refractivity contribution in [1.82, 2.24) is 4.72 Å². The predicted molar refractivity (Wildman–Crippen MR) is 105 cm³/mol. The maximum Gasteiger partial charge on any atom is 0.240 e. The van der Waals surface area contributed by atoms with Crippen molar-refractivity contribution in [1.29, 1.82) is 0 Å². The molecule has 0 aliphatic carbocycles. The summed E-state index contributed by atoms with van der Waals surface area (Å²) in [7, 11) is -3.59. The number of aryl methyl sites for hydroxylation is 2. The smallest absolute Gasteiger partial charge is 0.240 e. The van der Waals surface area contributed by atoms with E-state index in [0.717, 1.165) is 21.9 Å². The zero-order valence-corrected chi connectivity index (χ0v) is 15.8. The number of rotatable bonds is 6. The second kappa shape index (κ2) is 7.58. The van der Waals surface area contributed by atoms with Crippen LogP contribution in [0.25, 0.3) is 10.8 Å². The number of fused-ring (bicyclic) bond motifs is 1. The summed E-state index contributed by atoms with van der Waals surface area (Å²) >= 11 is 0. The van der Waals surface area contributed by atoms with Gasteiger partial charge in [-0.25, -0.2) is 13.1 Å². The van der Waals surface area contributed by atoms with Gasteiger partial charge < -0.3 is 5.11 Å². The van der Waals surface area contributed by atoms with Gasteiger partial charge in [0, 0.05) is 6.54 Å². The van der Waals surface area contributed by atoms with Crippen LogP contribution < -0.4 is 4.72 Å². The zero-order valence-electron chi connectivity index (χ0n) is 14.9. The largest absolute Gasteiger partial charge is 0.388 e. The second-order valence-corrected chi connectivity index (χ2v) is 8.27. The highest BCUT2D eigenvalue weighted by Gasteiger charge is 2.18. The number of nitrogens with one attached hydrogen (secondary N) is 1. The average Bonchev–Trinajstić information content (AvgIpc) is 2.63. The molecular weight excluding hydrogens is 346 g/mol. The van der Waals surface area contributed by atoms with Crippen molar-refractivity contribution in [3.63, 3.8) is 0 Å². The molecule has 4 nitrogen and oxygen atoms in total. The van der Waals surface area contributed by atoms with E-state index in [-0.39, 0.29) is 11.4 Å². The number of hydrogen-bond donors (Lipinski definition) is 2. The fourth-order valence-corrected chi connectivity index (χ4v) is 4.48. The summed E-state index contributed by atoms with van der Waals surface area (Å²) in [6.45, 7) is 3.81. The maximum atomic E-state index is 12.5. The van der Waals surface area contributed by atoms with Gasteiger partial charge in [-0.15, -0.1) is 0 Å². The normalized spacial score (nSPS) is 13.0. The lowest BCUT2D eigenvalue weighted by molar-refractivity contribution is 0.170. The van der Waals surface area contributed by atoms with Crippen molar-refractivity contribution in [2.75, 3.05) is 6.54 Å². The third-order valence-corrected chi connectivity index (χ3v) is 6.13. The minimum atomic E-state index is -3.59. The number of benzene rings is 3. The minimum absolute atomic E-state index is 0.167. The van der Waals surface area contributed by atoms with Gasteiger partial charge in [-0.1, -0.05) is 54.6 Å². The highest BCUT2D eigenvalue weighted by atomic mass is 32.2. The van der Waals surface area contributed by atoms with Gasteiger partial charge in [0.25, 0.3) is 0 Å². The Morgan fingerprint density at radius 2 is 1.73 bits per heavy atom. The highest BCUT2D eigenvalue weighted by molar-refractivity contribution is 7.89. The fraction of sp³-hybridized carbons (Fsp3) is 0.238. The van der Waals surface area contributed by atoms with E-state index in [2.05, 4.69) is 4.72 Å².